The van der Waals surface area contributed by atoms with Crippen LogP contribution in [0.1, 0.15) is 78.6 Å². The fraction of sp³-hybridized carbons (Fsp3) is 0.938. The molecule has 0 aliphatic heterocycles. The standard InChI is InChI=1S/C16H30O2/c1-4-6-13(3)12-16(15(17)18)10-8-14(7-5-2)9-11-16/h13-14H,4-12H2,1-3H3,(H,17,18). The van der Waals surface area contributed by atoms with E-state index >= 15 is 0 Å². The van der Waals surface area contributed by atoms with Crippen LogP contribution in [0.5, 0.6) is 0 Å². The monoisotopic (exact) mass is 254 g/mol. The van der Waals surface area contributed by atoms with Gasteiger partial charge in [-0.05, 0) is 43.9 Å². The van der Waals surface area contributed by atoms with Gasteiger partial charge in [-0.15, -0.1) is 0 Å². The van der Waals surface area contributed by atoms with E-state index in [-0.39, 0.29) is 0 Å². The van der Waals surface area contributed by atoms with Crippen molar-refractivity contribution in [1.82, 2.24) is 0 Å². The van der Waals surface area contributed by atoms with Crippen LogP contribution in [-0.2, 0) is 4.79 Å². The second-order valence-corrected chi connectivity index (χ2v) is 6.42. The first kappa shape index (κ1) is 15.5. The summed E-state index contributed by atoms with van der Waals surface area (Å²) in [6.07, 6.45) is 9.77. The maximum atomic E-state index is 11.7. The summed E-state index contributed by atoms with van der Waals surface area (Å²) in [6, 6.07) is 0. The fourth-order valence-electron chi connectivity index (χ4n) is 3.69. The summed E-state index contributed by atoms with van der Waals surface area (Å²) in [5.74, 6) is 0.790. The molecular weight excluding hydrogens is 224 g/mol. The number of aliphatic carboxylic acids is 1. The summed E-state index contributed by atoms with van der Waals surface area (Å²) >= 11 is 0. The third kappa shape index (κ3) is 4.00. The van der Waals surface area contributed by atoms with Crippen LogP contribution >= 0.6 is 0 Å². The van der Waals surface area contributed by atoms with Gasteiger partial charge in [0.2, 0.25) is 0 Å². The Balaban J connectivity index is 2.58. The van der Waals surface area contributed by atoms with Crippen molar-refractivity contribution < 1.29 is 9.90 Å². The highest BCUT2D eigenvalue weighted by atomic mass is 16.4. The molecule has 1 aliphatic rings. The Hall–Kier alpha value is -0.530. The van der Waals surface area contributed by atoms with E-state index in [0.717, 1.165) is 50.9 Å². The SMILES string of the molecule is CCCC(C)CC1(C(=O)O)CCC(CCC)CC1. The van der Waals surface area contributed by atoms with Gasteiger partial charge >= 0.3 is 5.97 Å². The molecule has 2 heteroatoms. The molecule has 1 N–H and O–H groups in total. The normalized spacial score (nSPS) is 30.1. The average molecular weight is 254 g/mol. The molecule has 1 atom stereocenters. The van der Waals surface area contributed by atoms with Crippen LogP contribution in [0, 0.1) is 17.3 Å². The number of rotatable bonds is 7. The minimum Gasteiger partial charge on any atom is -0.481 e. The Morgan fingerprint density at radius 2 is 1.89 bits per heavy atom. The molecule has 0 bridgehead atoms. The van der Waals surface area contributed by atoms with E-state index in [9.17, 15) is 9.90 Å². The van der Waals surface area contributed by atoms with Crippen molar-refractivity contribution in [2.45, 2.75) is 78.6 Å². The van der Waals surface area contributed by atoms with Gasteiger partial charge in [-0.2, -0.15) is 0 Å². The van der Waals surface area contributed by atoms with E-state index in [1.54, 1.807) is 0 Å². The van der Waals surface area contributed by atoms with E-state index in [1.807, 2.05) is 0 Å². The van der Waals surface area contributed by atoms with Crippen molar-refractivity contribution in [2.75, 3.05) is 0 Å². The second kappa shape index (κ2) is 7.16. The van der Waals surface area contributed by atoms with Gasteiger partial charge in [-0.25, -0.2) is 0 Å². The second-order valence-electron chi connectivity index (χ2n) is 6.42. The number of hydrogen-bond donors (Lipinski definition) is 1. The molecule has 1 fully saturated rings. The van der Waals surface area contributed by atoms with Gasteiger partial charge < -0.3 is 5.11 Å². The fourth-order valence-corrected chi connectivity index (χ4v) is 3.69. The van der Waals surface area contributed by atoms with E-state index in [1.165, 1.54) is 12.8 Å². The van der Waals surface area contributed by atoms with Crippen molar-refractivity contribution in [3.8, 4) is 0 Å². The minimum absolute atomic E-state index is 0.404. The van der Waals surface area contributed by atoms with Crippen molar-refractivity contribution in [3.05, 3.63) is 0 Å². The first-order valence-corrected chi connectivity index (χ1v) is 7.77. The van der Waals surface area contributed by atoms with Gasteiger partial charge in [-0.3, -0.25) is 4.79 Å². The van der Waals surface area contributed by atoms with E-state index in [4.69, 9.17) is 0 Å². The molecular formula is C16H30O2. The highest BCUT2D eigenvalue weighted by Gasteiger charge is 2.42. The zero-order valence-electron chi connectivity index (χ0n) is 12.4. The predicted octanol–water partition coefficient (Wildman–Crippen LogP) is 4.87. The van der Waals surface area contributed by atoms with E-state index in [0.29, 0.717) is 5.92 Å². The lowest BCUT2D eigenvalue weighted by atomic mass is 9.65. The first-order valence-electron chi connectivity index (χ1n) is 7.77. The molecule has 1 aliphatic carbocycles. The molecule has 1 unspecified atom stereocenters. The zero-order chi connectivity index (χ0) is 13.6. The van der Waals surface area contributed by atoms with Crippen molar-refractivity contribution in [3.63, 3.8) is 0 Å². The van der Waals surface area contributed by atoms with Crippen molar-refractivity contribution in [1.29, 1.82) is 0 Å². The Bertz CT molecular complexity index is 252. The minimum atomic E-state index is -0.541. The van der Waals surface area contributed by atoms with Crippen LogP contribution in [0.2, 0.25) is 0 Å². The molecule has 0 aromatic carbocycles. The number of carboxylic acid groups (broad SMARTS) is 1. The number of hydrogen-bond acceptors (Lipinski definition) is 1. The molecule has 0 spiro atoms. The molecule has 1 saturated carbocycles. The Kier molecular flexibility index (Phi) is 6.17. The molecule has 18 heavy (non-hydrogen) atoms. The van der Waals surface area contributed by atoms with Crippen LogP contribution in [0.4, 0.5) is 0 Å². The number of carboxylic acids is 1. The van der Waals surface area contributed by atoms with Crippen LogP contribution < -0.4 is 0 Å². The largest absolute Gasteiger partial charge is 0.481 e. The van der Waals surface area contributed by atoms with Gasteiger partial charge in [0.25, 0.3) is 0 Å². The van der Waals surface area contributed by atoms with Crippen LogP contribution in [0.25, 0.3) is 0 Å². The molecule has 1 rings (SSSR count). The third-order valence-corrected chi connectivity index (χ3v) is 4.73. The zero-order valence-corrected chi connectivity index (χ0v) is 12.4. The summed E-state index contributed by atoms with van der Waals surface area (Å²) < 4.78 is 0. The summed E-state index contributed by atoms with van der Waals surface area (Å²) in [5.41, 5.74) is -0.404. The molecule has 106 valence electrons. The van der Waals surface area contributed by atoms with E-state index in [2.05, 4.69) is 20.8 Å². The third-order valence-electron chi connectivity index (χ3n) is 4.73. The maximum Gasteiger partial charge on any atom is 0.309 e. The summed E-state index contributed by atoms with van der Waals surface area (Å²) in [4.78, 5) is 11.7. The Morgan fingerprint density at radius 3 is 2.33 bits per heavy atom. The van der Waals surface area contributed by atoms with Gasteiger partial charge in [0.05, 0.1) is 5.41 Å². The average Bonchev–Trinajstić information content (AvgIpc) is 2.32. The van der Waals surface area contributed by atoms with E-state index < -0.39 is 11.4 Å². The summed E-state index contributed by atoms with van der Waals surface area (Å²) in [7, 11) is 0. The van der Waals surface area contributed by atoms with Crippen LogP contribution in [0.15, 0.2) is 0 Å². The molecule has 0 saturated heterocycles. The van der Waals surface area contributed by atoms with Gasteiger partial charge in [-0.1, -0.05) is 46.5 Å². The van der Waals surface area contributed by atoms with Gasteiger partial charge in [0.1, 0.15) is 0 Å². The maximum absolute atomic E-state index is 11.7. The van der Waals surface area contributed by atoms with Crippen LogP contribution in [0.3, 0.4) is 0 Å². The van der Waals surface area contributed by atoms with Gasteiger partial charge in [0, 0.05) is 0 Å². The van der Waals surface area contributed by atoms with Crippen LogP contribution in [-0.4, -0.2) is 11.1 Å². The smallest absolute Gasteiger partial charge is 0.309 e. The van der Waals surface area contributed by atoms with Crippen molar-refractivity contribution in [2.24, 2.45) is 17.3 Å². The highest BCUT2D eigenvalue weighted by Crippen LogP contribution is 2.45. The molecule has 0 heterocycles. The number of carbonyl (C=O) groups is 1. The highest BCUT2D eigenvalue weighted by molar-refractivity contribution is 5.74. The molecule has 0 aromatic heterocycles. The Morgan fingerprint density at radius 1 is 1.28 bits per heavy atom. The molecule has 0 radical (unpaired) electrons. The van der Waals surface area contributed by atoms with Gasteiger partial charge in [0.15, 0.2) is 0 Å². The quantitative estimate of drug-likeness (QED) is 0.703. The van der Waals surface area contributed by atoms with Crippen molar-refractivity contribution >= 4 is 5.97 Å². The summed E-state index contributed by atoms with van der Waals surface area (Å²) in [6.45, 7) is 6.62. The molecule has 0 amide bonds. The topological polar surface area (TPSA) is 37.3 Å². The molecule has 0 aromatic rings. The summed E-state index contributed by atoms with van der Waals surface area (Å²) in [5, 5.41) is 9.62. The molecule has 2 nitrogen and oxygen atoms in total. The lowest BCUT2D eigenvalue weighted by Crippen LogP contribution is -2.37. The lowest BCUT2D eigenvalue weighted by molar-refractivity contribution is -0.153. The Labute approximate surface area is 112 Å². The predicted molar refractivity (Wildman–Crippen MR) is 75.6 cm³/mol. The lowest BCUT2D eigenvalue weighted by Gasteiger charge is -2.38. The first-order chi connectivity index (χ1) is 8.54.